The van der Waals surface area contributed by atoms with Crippen LogP contribution in [0.1, 0.15) is 33.3 Å². The highest BCUT2D eigenvalue weighted by Gasteiger charge is 2.13. The summed E-state index contributed by atoms with van der Waals surface area (Å²) in [5, 5.41) is 11.0. The fraction of sp³-hybridized carbons (Fsp3) is 0.278. The topological polar surface area (TPSA) is 75.1 Å². The fourth-order valence-electron chi connectivity index (χ4n) is 1.87. The zero-order chi connectivity index (χ0) is 17.2. The standard InChI is InChI=1S/C16H17N3O2.C2H6/c1-3-19-15-9-12(21-13-5-4-8-18-10-13)6-7-14(15)16(17)11(2)20;1-2/h4-10,17,19H,3H2,1-2H3;1-2H3. The number of Topliss-reactive ketones (excluding diaryl/α,β-unsaturated/α-hetero) is 1. The van der Waals surface area contributed by atoms with Crippen molar-refractivity contribution in [3.8, 4) is 11.5 Å². The lowest BCUT2D eigenvalue weighted by atomic mass is 10.0. The Morgan fingerprint density at radius 2 is 2.00 bits per heavy atom. The summed E-state index contributed by atoms with van der Waals surface area (Å²) in [6.07, 6.45) is 3.30. The van der Waals surface area contributed by atoms with E-state index in [1.54, 1.807) is 36.7 Å². The smallest absolute Gasteiger partial charge is 0.178 e. The van der Waals surface area contributed by atoms with Crippen molar-refractivity contribution in [2.24, 2.45) is 0 Å². The second kappa shape index (κ2) is 9.35. The Hall–Kier alpha value is -2.69. The average molecular weight is 313 g/mol. The highest BCUT2D eigenvalue weighted by molar-refractivity contribution is 6.45. The molecule has 0 unspecified atom stereocenters. The highest BCUT2D eigenvalue weighted by Crippen LogP contribution is 2.27. The van der Waals surface area contributed by atoms with Crippen LogP contribution in [-0.4, -0.2) is 23.0 Å². The lowest BCUT2D eigenvalue weighted by Crippen LogP contribution is -2.13. The molecule has 1 heterocycles. The van der Waals surface area contributed by atoms with E-state index >= 15 is 0 Å². The lowest BCUT2D eigenvalue weighted by Gasteiger charge is -2.13. The monoisotopic (exact) mass is 313 g/mol. The van der Waals surface area contributed by atoms with Crippen molar-refractivity contribution < 1.29 is 9.53 Å². The largest absolute Gasteiger partial charge is 0.456 e. The molecule has 0 saturated heterocycles. The maximum absolute atomic E-state index is 11.4. The summed E-state index contributed by atoms with van der Waals surface area (Å²) >= 11 is 0. The molecule has 2 aromatic rings. The van der Waals surface area contributed by atoms with E-state index in [1.165, 1.54) is 6.92 Å². The summed E-state index contributed by atoms with van der Waals surface area (Å²) in [6, 6.07) is 8.84. The van der Waals surface area contributed by atoms with Gasteiger partial charge >= 0.3 is 0 Å². The van der Waals surface area contributed by atoms with E-state index < -0.39 is 0 Å². The molecule has 122 valence electrons. The Bertz CT molecular complexity index is 655. The third-order valence-electron chi connectivity index (χ3n) is 2.85. The third kappa shape index (κ3) is 5.21. The molecule has 0 aliphatic rings. The summed E-state index contributed by atoms with van der Waals surface area (Å²) in [5.74, 6) is 0.989. The number of anilines is 1. The minimum Gasteiger partial charge on any atom is -0.456 e. The van der Waals surface area contributed by atoms with Gasteiger partial charge in [0, 0.05) is 37.0 Å². The first-order valence-electron chi connectivity index (χ1n) is 7.67. The first-order chi connectivity index (χ1) is 11.1. The average Bonchev–Trinajstić information content (AvgIpc) is 2.57. The van der Waals surface area contributed by atoms with Gasteiger partial charge in [-0.2, -0.15) is 0 Å². The molecule has 0 bridgehead atoms. The molecule has 0 atom stereocenters. The quantitative estimate of drug-likeness (QED) is 0.780. The highest BCUT2D eigenvalue weighted by atomic mass is 16.5. The Morgan fingerprint density at radius 3 is 2.57 bits per heavy atom. The molecular weight excluding hydrogens is 290 g/mol. The van der Waals surface area contributed by atoms with E-state index in [4.69, 9.17) is 10.1 Å². The van der Waals surface area contributed by atoms with Crippen LogP contribution >= 0.6 is 0 Å². The molecule has 2 rings (SSSR count). The number of benzene rings is 1. The van der Waals surface area contributed by atoms with E-state index in [0.717, 1.165) is 0 Å². The van der Waals surface area contributed by atoms with Crippen LogP contribution in [0.2, 0.25) is 0 Å². The number of carbonyl (C=O) groups excluding carboxylic acids is 1. The van der Waals surface area contributed by atoms with E-state index in [2.05, 4.69) is 10.3 Å². The third-order valence-corrected chi connectivity index (χ3v) is 2.85. The summed E-state index contributed by atoms with van der Waals surface area (Å²) in [7, 11) is 0. The number of aromatic nitrogens is 1. The van der Waals surface area contributed by atoms with Crippen molar-refractivity contribution >= 4 is 17.2 Å². The van der Waals surface area contributed by atoms with Gasteiger partial charge in [-0.15, -0.1) is 0 Å². The Morgan fingerprint density at radius 1 is 1.26 bits per heavy atom. The predicted molar refractivity (Wildman–Crippen MR) is 93.8 cm³/mol. The van der Waals surface area contributed by atoms with Crippen LogP contribution < -0.4 is 10.1 Å². The zero-order valence-electron chi connectivity index (χ0n) is 14.0. The van der Waals surface area contributed by atoms with Gasteiger partial charge in [-0.05, 0) is 31.2 Å². The molecule has 0 aliphatic heterocycles. The van der Waals surface area contributed by atoms with E-state index in [0.29, 0.717) is 29.3 Å². The van der Waals surface area contributed by atoms with Crippen molar-refractivity contribution in [1.29, 1.82) is 5.41 Å². The second-order valence-corrected chi connectivity index (χ2v) is 4.46. The number of hydrogen-bond acceptors (Lipinski definition) is 5. The summed E-state index contributed by atoms with van der Waals surface area (Å²) in [6.45, 7) is 8.03. The van der Waals surface area contributed by atoms with E-state index in [-0.39, 0.29) is 11.5 Å². The van der Waals surface area contributed by atoms with Crippen molar-refractivity contribution in [3.05, 3.63) is 48.3 Å². The van der Waals surface area contributed by atoms with Gasteiger partial charge in [0.15, 0.2) is 5.78 Å². The Kier molecular flexibility index (Phi) is 7.47. The van der Waals surface area contributed by atoms with Crippen LogP contribution in [0, 0.1) is 5.41 Å². The van der Waals surface area contributed by atoms with Gasteiger partial charge in [0.05, 0.1) is 6.20 Å². The number of carbonyl (C=O) groups is 1. The molecule has 0 spiro atoms. The van der Waals surface area contributed by atoms with Gasteiger partial charge in [0.25, 0.3) is 0 Å². The van der Waals surface area contributed by atoms with Crippen LogP contribution in [-0.2, 0) is 4.79 Å². The van der Waals surface area contributed by atoms with Crippen LogP contribution in [0.3, 0.4) is 0 Å². The van der Waals surface area contributed by atoms with Gasteiger partial charge in [0.2, 0.25) is 0 Å². The normalized spacial score (nSPS) is 9.39. The van der Waals surface area contributed by atoms with Crippen LogP contribution in [0.25, 0.3) is 0 Å². The van der Waals surface area contributed by atoms with Crippen LogP contribution in [0.15, 0.2) is 42.7 Å². The molecule has 0 radical (unpaired) electrons. The zero-order valence-corrected chi connectivity index (χ0v) is 14.0. The molecule has 2 N–H and O–H groups in total. The minimum atomic E-state index is -0.268. The van der Waals surface area contributed by atoms with Crippen molar-refractivity contribution in [2.45, 2.75) is 27.7 Å². The summed E-state index contributed by atoms with van der Waals surface area (Å²) < 4.78 is 5.70. The molecule has 5 heteroatoms. The number of ketones is 1. The molecule has 5 nitrogen and oxygen atoms in total. The van der Waals surface area contributed by atoms with Crippen molar-refractivity contribution in [2.75, 3.05) is 11.9 Å². The van der Waals surface area contributed by atoms with Gasteiger partial charge in [-0.1, -0.05) is 13.8 Å². The maximum atomic E-state index is 11.4. The van der Waals surface area contributed by atoms with Gasteiger partial charge in [-0.3, -0.25) is 15.2 Å². The Balaban J connectivity index is 0.00000127. The van der Waals surface area contributed by atoms with Gasteiger partial charge < -0.3 is 10.1 Å². The number of ether oxygens (including phenoxy) is 1. The molecule has 0 saturated carbocycles. The van der Waals surface area contributed by atoms with Crippen LogP contribution in [0.4, 0.5) is 5.69 Å². The number of nitrogens with zero attached hydrogens (tertiary/aromatic N) is 1. The van der Waals surface area contributed by atoms with Crippen LogP contribution in [0.5, 0.6) is 11.5 Å². The first kappa shape index (κ1) is 18.4. The fourth-order valence-corrected chi connectivity index (χ4v) is 1.87. The SMILES string of the molecule is CC.CCNc1cc(Oc2cccnc2)ccc1C(=N)C(C)=O. The van der Waals surface area contributed by atoms with Crippen molar-refractivity contribution in [1.82, 2.24) is 4.98 Å². The first-order valence-corrected chi connectivity index (χ1v) is 7.67. The summed E-state index contributed by atoms with van der Waals surface area (Å²) in [4.78, 5) is 15.4. The van der Waals surface area contributed by atoms with Crippen molar-refractivity contribution in [3.63, 3.8) is 0 Å². The second-order valence-electron chi connectivity index (χ2n) is 4.46. The molecule has 0 aliphatic carbocycles. The number of pyridine rings is 1. The molecule has 1 aromatic heterocycles. The summed E-state index contributed by atoms with van der Waals surface area (Å²) in [5.41, 5.74) is 1.26. The molecule has 0 fully saturated rings. The molecular formula is C18H23N3O2. The lowest BCUT2D eigenvalue weighted by molar-refractivity contribution is -0.111. The molecule has 0 amide bonds. The minimum absolute atomic E-state index is 0.0149. The number of rotatable bonds is 6. The Labute approximate surface area is 137 Å². The maximum Gasteiger partial charge on any atom is 0.178 e. The van der Waals surface area contributed by atoms with E-state index in [9.17, 15) is 4.79 Å². The number of hydrogen-bond donors (Lipinski definition) is 2. The molecule has 23 heavy (non-hydrogen) atoms. The number of nitrogens with one attached hydrogen (secondary N) is 2. The van der Waals surface area contributed by atoms with E-state index in [1.807, 2.05) is 26.8 Å². The van der Waals surface area contributed by atoms with Gasteiger partial charge in [0.1, 0.15) is 17.2 Å². The van der Waals surface area contributed by atoms with Gasteiger partial charge in [-0.25, -0.2) is 0 Å². The predicted octanol–water partition coefficient (Wildman–Crippen LogP) is 4.29. The molecule has 1 aromatic carbocycles.